The van der Waals surface area contributed by atoms with Gasteiger partial charge in [0.25, 0.3) is 0 Å². The summed E-state index contributed by atoms with van der Waals surface area (Å²) in [5, 5.41) is -0.316. The molecule has 0 aromatic carbocycles. The van der Waals surface area contributed by atoms with Crippen molar-refractivity contribution in [3.05, 3.63) is 24.0 Å². The molecule has 2 heterocycles. The third-order valence-electron chi connectivity index (χ3n) is 2.85. The number of aromatic nitrogens is 1. The van der Waals surface area contributed by atoms with Crippen molar-refractivity contribution < 1.29 is 13.2 Å². The zero-order chi connectivity index (χ0) is 10.9. The fourth-order valence-electron chi connectivity index (χ4n) is 1.98. The molecule has 1 atom stereocenters. The minimum atomic E-state index is -2.92. The molecule has 15 heavy (non-hydrogen) atoms. The van der Waals surface area contributed by atoms with E-state index < -0.39 is 9.84 Å². The van der Waals surface area contributed by atoms with Crippen molar-refractivity contribution >= 4 is 16.1 Å². The molecule has 0 saturated carbocycles. The van der Waals surface area contributed by atoms with E-state index in [9.17, 15) is 13.2 Å². The lowest BCUT2D eigenvalue weighted by Gasteiger charge is -2.11. The van der Waals surface area contributed by atoms with Gasteiger partial charge in [-0.2, -0.15) is 0 Å². The van der Waals surface area contributed by atoms with Gasteiger partial charge in [0.05, 0.1) is 16.7 Å². The maximum atomic E-state index is 11.6. The summed E-state index contributed by atoms with van der Waals surface area (Å²) in [5.74, 6) is 0.287. The average Bonchev–Trinajstić information content (AvgIpc) is 2.74. The average molecular weight is 227 g/mol. The maximum absolute atomic E-state index is 11.6. The van der Waals surface area contributed by atoms with Crippen LogP contribution >= 0.6 is 0 Å². The smallest absolute Gasteiger partial charge is 0.166 e. The third-order valence-corrected chi connectivity index (χ3v) is 5.11. The first-order valence-electron chi connectivity index (χ1n) is 4.95. The Balaban J connectivity index is 2.19. The summed E-state index contributed by atoms with van der Waals surface area (Å²) in [5.41, 5.74) is 0.539. The van der Waals surface area contributed by atoms with Crippen LogP contribution in [0.15, 0.2) is 18.3 Å². The fraction of sp³-hybridized carbons (Fsp3) is 0.500. The van der Waals surface area contributed by atoms with Crippen molar-refractivity contribution in [2.75, 3.05) is 5.75 Å². The Hall–Kier alpha value is -1.10. The van der Waals surface area contributed by atoms with E-state index in [1.54, 1.807) is 22.9 Å². The van der Waals surface area contributed by atoms with E-state index in [-0.39, 0.29) is 11.0 Å². The Morgan fingerprint density at radius 2 is 2.33 bits per heavy atom. The molecule has 1 saturated heterocycles. The Morgan fingerprint density at radius 3 is 2.93 bits per heavy atom. The Bertz CT molecular complexity index is 461. The molecule has 2 rings (SSSR count). The molecule has 4 nitrogen and oxygen atoms in total. The molecule has 1 aliphatic heterocycles. The van der Waals surface area contributed by atoms with E-state index >= 15 is 0 Å². The molecular weight excluding hydrogens is 214 g/mol. The summed E-state index contributed by atoms with van der Waals surface area (Å²) in [7, 11) is -2.92. The maximum Gasteiger partial charge on any atom is 0.166 e. The fourth-order valence-corrected chi connectivity index (χ4v) is 3.80. The highest BCUT2D eigenvalue weighted by Crippen LogP contribution is 2.22. The van der Waals surface area contributed by atoms with E-state index in [0.717, 1.165) is 12.7 Å². The van der Waals surface area contributed by atoms with Crippen LogP contribution in [0.4, 0.5) is 0 Å². The van der Waals surface area contributed by atoms with Crippen LogP contribution in [0.5, 0.6) is 0 Å². The molecule has 0 amide bonds. The second kappa shape index (κ2) is 3.81. The molecule has 1 aromatic rings. The predicted octanol–water partition coefficient (Wildman–Crippen LogP) is 0.878. The SMILES string of the molecule is O=Cc1cccn1CC1CCCS1(=O)=O. The minimum absolute atomic E-state index is 0.287. The summed E-state index contributed by atoms with van der Waals surface area (Å²) in [6.45, 7) is 0.406. The van der Waals surface area contributed by atoms with Gasteiger partial charge in [-0.1, -0.05) is 0 Å². The zero-order valence-electron chi connectivity index (χ0n) is 8.30. The number of carbonyl (C=O) groups excluding carboxylic acids is 1. The lowest BCUT2D eigenvalue weighted by molar-refractivity contribution is 0.111. The van der Waals surface area contributed by atoms with Gasteiger partial charge in [0.1, 0.15) is 0 Å². The van der Waals surface area contributed by atoms with E-state index in [2.05, 4.69) is 0 Å². The number of carbonyl (C=O) groups is 1. The van der Waals surface area contributed by atoms with E-state index in [4.69, 9.17) is 0 Å². The van der Waals surface area contributed by atoms with Crippen molar-refractivity contribution in [1.29, 1.82) is 0 Å². The van der Waals surface area contributed by atoms with Gasteiger partial charge in [0.15, 0.2) is 16.1 Å². The molecule has 0 aliphatic carbocycles. The molecule has 1 fully saturated rings. The molecule has 1 unspecified atom stereocenters. The van der Waals surface area contributed by atoms with Crippen molar-refractivity contribution in [3.63, 3.8) is 0 Å². The summed E-state index contributed by atoms with van der Waals surface area (Å²) >= 11 is 0. The van der Waals surface area contributed by atoms with Crippen LogP contribution in [0.1, 0.15) is 23.3 Å². The first-order valence-corrected chi connectivity index (χ1v) is 6.67. The summed E-state index contributed by atoms with van der Waals surface area (Å²) in [6.07, 6.45) is 3.95. The molecule has 1 aliphatic rings. The van der Waals surface area contributed by atoms with Crippen LogP contribution in [0.25, 0.3) is 0 Å². The minimum Gasteiger partial charge on any atom is -0.344 e. The first kappa shape index (κ1) is 10.4. The van der Waals surface area contributed by atoms with Gasteiger partial charge >= 0.3 is 0 Å². The topological polar surface area (TPSA) is 56.1 Å². The van der Waals surface area contributed by atoms with Crippen LogP contribution < -0.4 is 0 Å². The van der Waals surface area contributed by atoms with Gasteiger partial charge in [0, 0.05) is 12.7 Å². The lowest BCUT2D eigenvalue weighted by Crippen LogP contribution is -2.22. The van der Waals surface area contributed by atoms with Crippen molar-refractivity contribution in [3.8, 4) is 0 Å². The number of nitrogens with zero attached hydrogens (tertiary/aromatic N) is 1. The van der Waals surface area contributed by atoms with Crippen molar-refractivity contribution in [2.24, 2.45) is 0 Å². The molecule has 82 valence electrons. The molecule has 0 N–H and O–H groups in total. The van der Waals surface area contributed by atoms with E-state index in [1.807, 2.05) is 0 Å². The number of hydrogen-bond acceptors (Lipinski definition) is 3. The molecule has 5 heteroatoms. The Kier molecular flexibility index (Phi) is 2.65. The number of sulfone groups is 1. The van der Waals surface area contributed by atoms with Crippen LogP contribution in [0.2, 0.25) is 0 Å². The summed E-state index contributed by atoms with van der Waals surface area (Å²) in [6, 6.07) is 3.44. The highest BCUT2D eigenvalue weighted by molar-refractivity contribution is 7.92. The van der Waals surface area contributed by atoms with Gasteiger partial charge < -0.3 is 4.57 Å². The molecule has 0 radical (unpaired) electrons. The second-order valence-corrected chi connectivity index (χ2v) is 6.24. The number of aldehydes is 1. The normalized spacial score (nSPS) is 24.1. The first-order chi connectivity index (χ1) is 7.13. The van der Waals surface area contributed by atoms with Crippen LogP contribution in [0, 0.1) is 0 Å². The number of rotatable bonds is 3. The standard InChI is InChI=1S/C10H13NO3S/c12-8-9-3-1-5-11(9)7-10-4-2-6-15(10,13)14/h1,3,5,8,10H,2,4,6-7H2. The molecule has 0 bridgehead atoms. The molecule has 0 spiro atoms. The van der Waals surface area contributed by atoms with Crippen LogP contribution in [-0.4, -0.2) is 30.3 Å². The van der Waals surface area contributed by atoms with Gasteiger partial charge in [-0.05, 0) is 25.0 Å². The highest BCUT2D eigenvalue weighted by Gasteiger charge is 2.31. The monoisotopic (exact) mass is 227 g/mol. The van der Waals surface area contributed by atoms with E-state index in [1.165, 1.54) is 0 Å². The van der Waals surface area contributed by atoms with Gasteiger partial charge in [-0.15, -0.1) is 0 Å². The van der Waals surface area contributed by atoms with Crippen molar-refractivity contribution in [2.45, 2.75) is 24.6 Å². The molecular formula is C10H13NO3S. The second-order valence-electron chi connectivity index (χ2n) is 3.83. The Morgan fingerprint density at radius 1 is 1.53 bits per heavy atom. The van der Waals surface area contributed by atoms with Crippen LogP contribution in [-0.2, 0) is 16.4 Å². The highest BCUT2D eigenvalue weighted by atomic mass is 32.2. The third kappa shape index (κ3) is 1.97. The zero-order valence-corrected chi connectivity index (χ0v) is 9.11. The lowest BCUT2D eigenvalue weighted by atomic mass is 10.2. The number of hydrogen-bond donors (Lipinski definition) is 0. The summed E-state index contributed by atoms with van der Waals surface area (Å²) in [4.78, 5) is 10.7. The quantitative estimate of drug-likeness (QED) is 0.720. The predicted molar refractivity (Wildman–Crippen MR) is 56.6 cm³/mol. The van der Waals surface area contributed by atoms with Gasteiger partial charge in [-0.3, -0.25) is 4.79 Å². The summed E-state index contributed by atoms with van der Waals surface area (Å²) < 4.78 is 24.9. The van der Waals surface area contributed by atoms with E-state index in [0.29, 0.717) is 18.7 Å². The van der Waals surface area contributed by atoms with Crippen LogP contribution in [0.3, 0.4) is 0 Å². The van der Waals surface area contributed by atoms with Crippen molar-refractivity contribution in [1.82, 2.24) is 4.57 Å². The van der Waals surface area contributed by atoms with Gasteiger partial charge in [-0.25, -0.2) is 8.42 Å². The Labute approximate surface area is 88.8 Å². The molecule has 1 aromatic heterocycles. The van der Waals surface area contributed by atoms with Gasteiger partial charge in [0.2, 0.25) is 0 Å². The largest absolute Gasteiger partial charge is 0.344 e.